The van der Waals surface area contributed by atoms with Gasteiger partial charge in [-0.3, -0.25) is 0 Å². The molecule has 0 spiro atoms. The van der Waals surface area contributed by atoms with Crippen molar-refractivity contribution < 1.29 is 13.9 Å². The molecule has 0 atom stereocenters. The van der Waals surface area contributed by atoms with Crippen LogP contribution in [-0.4, -0.2) is 20.3 Å². The normalized spacial score (nSPS) is 10.4. The predicted octanol–water partition coefficient (Wildman–Crippen LogP) is 2.77. The molecule has 0 aliphatic heterocycles. The molecule has 0 saturated heterocycles. The van der Waals surface area contributed by atoms with Crippen molar-refractivity contribution >= 4 is 0 Å². The topological polar surface area (TPSA) is 43.6 Å². The van der Waals surface area contributed by atoms with Gasteiger partial charge in [0.1, 0.15) is 12.4 Å². The summed E-state index contributed by atoms with van der Waals surface area (Å²) in [6.45, 7) is 4.07. The Labute approximate surface area is 113 Å². The van der Waals surface area contributed by atoms with Crippen molar-refractivity contribution in [2.24, 2.45) is 0 Å². The Morgan fingerprint density at radius 1 is 1.21 bits per heavy atom. The van der Waals surface area contributed by atoms with Gasteiger partial charge in [-0.2, -0.15) is 0 Å². The Morgan fingerprint density at radius 2 is 2.11 bits per heavy atom. The summed E-state index contributed by atoms with van der Waals surface area (Å²) in [6, 6.07) is 9.72. The van der Waals surface area contributed by atoms with E-state index in [1.165, 1.54) is 0 Å². The minimum Gasteiger partial charge on any atom is -0.493 e. The zero-order valence-corrected chi connectivity index (χ0v) is 11.3. The molecule has 0 saturated carbocycles. The van der Waals surface area contributed by atoms with Gasteiger partial charge in [-0.25, -0.2) is 0 Å². The van der Waals surface area contributed by atoms with Gasteiger partial charge in [-0.15, -0.1) is 0 Å². The molecule has 4 nitrogen and oxygen atoms in total. The van der Waals surface area contributed by atoms with Gasteiger partial charge in [0.2, 0.25) is 0 Å². The summed E-state index contributed by atoms with van der Waals surface area (Å²) in [7, 11) is 1.65. The van der Waals surface area contributed by atoms with Crippen LogP contribution in [0.15, 0.2) is 41.0 Å². The van der Waals surface area contributed by atoms with Gasteiger partial charge in [0, 0.05) is 6.54 Å². The van der Waals surface area contributed by atoms with Crippen molar-refractivity contribution in [3.8, 4) is 11.5 Å². The van der Waals surface area contributed by atoms with Crippen molar-refractivity contribution in [3.63, 3.8) is 0 Å². The van der Waals surface area contributed by atoms with Crippen LogP contribution in [-0.2, 0) is 6.54 Å². The Morgan fingerprint density at radius 3 is 2.84 bits per heavy atom. The lowest BCUT2D eigenvalue weighted by molar-refractivity contribution is 0.290. The maximum absolute atomic E-state index is 5.68. The van der Waals surface area contributed by atoms with Crippen LogP contribution in [0.2, 0.25) is 0 Å². The molecule has 4 heteroatoms. The predicted molar refractivity (Wildman–Crippen MR) is 73.6 cm³/mol. The number of hydrogen-bond donors (Lipinski definition) is 1. The van der Waals surface area contributed by atoms with E-state index >= 15 is 0 Å². The molecule has 19 heavy (non-hydrogen) atoms. The number of rotatable bonds is 7. The largest absolute Gasteiger partial charge is 0.493 e. The Kier molecular flexibility index (Phi) is 4.86. The molecule has 2 rings (SSSR count). The van der Waals surface area contributed by atoms with Crippen molar-refractivity contribution in [3.05, 3.63) is 47.9 Å². The van der Waals surface area contributed by atoms with E-state index in [2.05, 4.69) is 5.32 Å². The first kappa shape index (κ1) is 13.5. The lowest BCUT2D eigenvalue weighted by Crippen LogP contribution is -2.20. The molecular weight excluding hydrogens is 242 g/mol. The average molecular weight is 261 g/mol. The summed E-state index contributed by atoms with van der Waals surface area (Å²) in [4.78, 5) is 0. The number of ether oxygens (including phenoxy) is 2. The fourth-order valence-corrected chi connectivity index (χ4v) is 1.75. The molecule has 1 aromatic heterocycles. The molecule has 1 heterocycles. The summed E-state index contributed by atoms with van der Waals surface area (Å²) in [5.41, 5.74) is 1.15. The third kappa shape index (κ3) is 4.03. The van der Waals surface area contributed by atoms with Gasteiger partial charge < -0.3 is 19.2 Å². The first-order valence-corrected chi connectivity index (χ1v) is 6.30. The Bertz CT molecular complexity index is 494. The summed E-state index contributed by atoms with van der Waals surface area (Å²) in [5.74, 6) is 2.46. The third-order valence-electron chi connectivity index (χ3n) is 2.73. The van der Waals surface area contributed by atoms with E-state index in [0.717, 1.165) is 29.4 Å². The standard InChI is InChI=1S/C15H19NO3/c1-12-5-6-14(15(10-12)17-2)19-9-7-16-11-13-4-3-8-18-13/h3-6,8,10,16H,7,9,11H2,1-2H3. The third-order valence-corrected chi connectivity index (χ3v) is 2.73. The number of aryl methyl sites for hydroxylation is 1. The van der Waals surface area contributed by atoms with Crippen LogP contribution >= 0.6 is 0 Å². The molecule has 0 bridgehead atoms. The first-order chi connectivity index (χ1) is 9.29. The molecule has 0 unspecified atom stereocenters. The number of furan rings is 1. The highest BCUT2D eigenvalue weighted by molar-refractivity contribution is 5.42. The summed E-state index contributed by atoms with van der Waals surface area (Å²) in [6.07, 6.45) is 1.67. The minimum atomic E-state index is 0.583. The first-order valence-electron chi connectivity index (χ1n) is 6.30. The summed E-state index contributed by atoms with van der Waals surface area (Å²) < 4.78 is 16.2. The maximum Gasteiger partial charge on any atom is 0.161 e. The van der Waals surface area contributed by atoms with E-state index in [4.69, 9.17) is 13.9 Å². The highest BCUT2D eigenvalue weighted by atomic mass is 16.5. The number of hydrogen-bond acceptors (Lipinski definition) is 4. The highest BCUT2D eigenvalue weighted by Gasteiger charge is 2.03. The average Bonchev–Trinajstić information content (AvgIpc) is 2.93. The quantitative estimate of drug-likeness (QED) is 0.778. The molecule has 0 fully saturated rings. The second-order valence-electron chi connectivity index (χ2n) is 4.26. The van der Waals surface area contributed by atoms with Crippen molar-refractivity contribution in [1.82, 2.24) is 5.32 Å². The van der Waals surface area contributed by atoms with Gasteiger partial charge in [0.15, 0.2) is 11.5 Å². The maximum atomic E-state index is 5.68. The van der Waals surface area contributed by atoms with E-state index in [0.29, 0.717) is 13.2 Å². The molecule has 1 N–H and O–H groups in total. The SMILES string of the molecule is COc1cc(C)ccc1OCCNCc1ccco1. The lowest BCUT2D eigenvalue weighted by Gasteiger charge is -2.11. The van der Waals surface area contributed by atoms with Crippen LogP contribution in [0, 0.1) is 6.92 Å². The van der Waals surface area contributed by atoms with E-state index in [9.17, 15) is 0 Å². The molecule has 102 valence electrons. The second-order valence-corrected chi connectivity index (χ2v) is 4.26. The van der Waals surface area contributed by atoms with Gasteiger partial charge in [-0.1, -0.05) is 6.07 Å². The molecule has 0 aliphatic carbocycles. The second kappa shape index (κ2) is 6.85. The van der Waals surface area contributed by atoms with Crippen LogP contribution in [0.5, 0.6) is 11.5 Å². The molecule has 0 radical (unpaired) electrons. The lowest BCUT2D eigenvalue weighted by atomic mass is 10.2. The van der Waals surface area contributed by atoms with Crippen LogP contribution in [0.25, 0.3) is 0 Å². The number of nitrogens with one attached hydrogen (secondary N) is 1. The number of methoxy groups -OCH3 is 1. The van der Waals surface area contributed by atoms with Crippen LogP contribution in [0.3, 0.4) is 0 Å². The minimum absolute atomic E-state index is 0.583. The van der Waals surface area contributed by atoms with Crippen molar-refractivity contribution in [2.45, 2.75) is 13.5 Å². The summed E-state index contributed by atoms with van der Waals surface area (Å²) in [5, 5.41) is 3.25. The van der Waals surface area contributed by atoms with E-state index in [1.807, 2.05) is 37.3 Å². The van der Waals surface area contributed by atoms with Gasteiger partial charge in [0.25, 0.3) is 0 Å². The van der Waals surface area contributed by atoms with Crippen LogP contribution in [0.4, 0.5) is 0 Å². The monoisotopic (exact) mass is 261 g/mol. The zero-order valence-electron chi connectivity index (χ0n) is 11.3. The molecule has 0 aliphatic rings. The smallest absolute Gasteiger partial charge is 0.161 e. The number of benzene rings is 1. The Balaban J connectivity index is 1.73. The fourth-order valence-electron chi connectivity index (χ4n) is 1.75. The van der Waals surface area contributed by atoms with Crippen LogP contribution in [0.1, 0.15) is 11.3 Å². The van der Waals surface area contributed by atoms with Gasteiger partial charge in [-0.05, 0) is 36.8 Å². The summed E-state index contributed by atoms with van der Waals surface area (Å²) >= 11 is 0. The Hall–Kier alpha value is -1.94. The van der Waals surface area contributed by atoms with E-state index < -0.39 is 0 Å². The van der Waals surface area contributed by atoms with E-state index in [-0.39, 0.29) is 0 Å². The molecule has 2 aromatic rings. The van der Waals surface area contributed by atoms with Crippen molar-refractivity contribution in [2.75, 3.05) is 20.3 Å². The molecular formula is C15H19NO3. The molecule has 1 aromatic carbocycles. The highest BCUT2D eigenvalue weighted by Crippen LogP contribution is 2.27. The van der Waals surface area contributed by atoms with E-state index in [1.54, 1.807) is 13.4 Å². The molecule has 0 amide bonds. The fraction of sp³-hybridized carbons (Fsp3) is 0.333. The van der Waals surface area contributed by atoms with Crippen LogP contribution < -0.4 is 14.8 Å². The van der Waals surface area contributed by atoms with Gasteiger partial charge >= 0.3 is 0 Å². The van der Waals surface area contributed by atoms with Crippen molar-refractivity contribution in [1.29, 1.82) is 0 Å². The zero-order chi connectivity index (χ0) is 13.5. The van der Waals surface area contributed by atoms with Gasteiger partial charge in [0.05, 0.1) is 19.9 Å².